The van der Waals surface area contributed by atoms with Gasteiger partial charge < -0.3 is 9.47 Å². The Morgan fingerprint density at radius 3 is 1.93 bits per heavy atom. The molecule has 0 fully saturated rings. The van der Waals surface area contributed by atoms with Gasteiger partial charge in [-0.25, -0.2) is 9.59 Å². The molecule has 0 saturated heterocycles. The average Bonchev–Trinajstić information content (AvgIpc) is 2.71. The molecule has 0 aliphatic heterocycles. The number of halogens is 5. The van der Waals surface area contributed by atoms with E-state index in [0.717, 1.165) is 12.8 Å². The molecule has 2 aromatic rings. The van der Waals surface area contributed by atoms with Crippen LogP contribution in [0.1, 0.15) is 47.4 Å². The molecule has 0 N–H and O–H groups in total. The highest BCUT2D eigenvalue weighted by atomic mass is 35.5. The first kappa shape index (κ1) is 24.1. The van der Waals surface area contributed by atoms with Gasteiger partial charge in [0.25, 0.3) is 0 Å². The summed E-state index contributed by atoms with van der Waals surface area (Å²) in [5.41, 5.74) is 0.310. The van der Waals surface area contributed by atoms with Gasteiger partial charge >= 0.3 is 11.9 Å². The third-order valence-electron chi connectivity index (χ3n) is 3.86. The first-order valence-corrected chi connectivity index (χ1v) is 10.5. The summed E-state index contributed by atoms with van der Waals surface area (Å²) in [6, 6.07) is 5.90. The van der Waals surface area contributed by atoms with E-state index in [9.17, 15) is 9.59 Å². The highest BCUT2D eigenvalue weighted by Gasteiger charge is 2.23. The minimum Gasteiger partial charge on any atom is -0.462 e. The minimum atomic E-state index is -0.808. The number of esters is 2. The van der Waals surface area contributed by atoms with Crippen LogP contribution in [0.3, 0.4) is 0 Å². The third kappa shape index (κ3) is 6.16. The highest BCUT2D eigenvalue weighted by molar-refractivity contribution is 6.55. The van der Waals surface area contributed by atoms with Crippen molar-refractivity contribution in [2.24, 2.45) is 5.92 Å². The van der Waals surface area contributed by atoms with Gasteiger partial charge in [-0.2, -0.15) is 0 Å². The SMILES string of the molecule is CC(C)CCCOC(=O)c1cccc(C(=O)Oc2c(Cl)c(Cl)c(Cl)c(Cl)c2Cl)c1. The maximum absolute atomic E-state index is 12.5. The molecule has 9 heteroatoms. The second-order valence-electron chi connectivity index (χ2n) is 6.54. The van der Waals surface area contributed by atoms with Crippen molar-refractivity contribution < 1.29 is 19.1 Å². The fraction of sp³-hybridized carbons (Fsp3) is 0.300. The first-order chi connectivity index (χ1) is 13.6. The molecular formula is C20H17Cl5O4. The summed E-state index contributed by atoms with van der Waals surface area (Å²) < 4.78 is 10.5. The fourth-order valence-electron chi connectivity index (χ4n) is 2.34. The molecule has 0 aromatic heterocycles. The van der Waals surface area contributed by atoms with Gasteiger partial charge in [0.05, 0.1) is 32.8 Å². The number of carbonyl (C=O) groups is 2. The largest absolute Gasteiger partial charge is 0.462 e. The molecule has 0 amide bonds. The lowest BCUT2D eigenvalue weighted by molar-refractivity contribution is 0.0494. The summed E-state index contributed by atoms with van der Waals surface area (Å²) in [6.45, 7) is 4.49. The Bertz CT molecular complexity index is 898. The zero-order valence-corrected chi connectivity index (χ0v) is 19.3. The number of hydrogen-bond donors (Lipinski definition) is 0. The van der Waals surface area contributed by atoms with E-state index in [1.165, 1.54) is 24.3 Å². The third-order valence-corrected chi connectivity index (χ3v) is 6.10. The van der Waals surface area contributed by atoms with Crippen molar-refractivity contribution in [1.82, 2.24) is 0 Å². The summed E-state index contributed by atoms with van der Waals surface area (Å²) in [7, 11) is 0. The van der Waals surface area contributed by atoms with Crippen molar-refractivity contribution in [1.29, 1.82) is 0 Å². The van der Waals surface area contributed by atoms with Crippen molar-refractivity contribution in [3.8, 4) is 5.75 Å². The van der Waals surface area contributed by atoms with E-state index in [0.29, 0.717) is 12.5 Å². The van der Waals surface area contributed by atoms with Crippen molar-refractivity contribution in [3.63, 3.8) is 0 Å². The molecule has 0 spiro atoms. The predicted octanol–water partition coefficient (Wildman–Crippen LogP) is 7.77. The molecule has 0 unspecified atom stereocenters. The van der Waals surface area contributed by atoms with Crippen LogP contribution in [0.4, 0.5) is 0 Å². The molecule has 0 heterocycles. The van der Waals surface area contributed by atoms with E-state index in [1.54, 1.807) is 0 Å². The van der Waals surface area contributed by atoms with E-state index < -0.39 is 11.9 Å². The van der Waals surface area contributed by atoms with Crippen LogP contribution in [0.15, 0.2) is 24.3 Å². The second kappa shape index (κ2) is 10.7. The van der Waals surface area contributed by atoms with Gasteiger partial charge in [-0.05, 0) is 37.0 Å². The Labute approximate surface area is 193 Å². The molecule has 0 radical (unpaired) electrons. The molecule has 0 aliphatic rings. The summed E-state index contributed by atoms with van der Waals surface area (Å²) in [5.74, 6) is -1.03. The summed E-state index contributed by atoms with van der Waals surface area (Å²) in [4.78, 5) is 24.7. The van der Waals surface area contributed by atoms with Gasteiger partial charge in [-0.15, -0.1) is 0 Å². The molecule has 0 atom stereocenters. The van der Waals surface area contributed by atoms with E-state index in [1.807, 2.05) is 0 Å². The zero-order valence-electron chi connectivity index (χ0n) is 15.5. The van der Waals surface area contributed by atoms with Crippen LogP contribution in [0.2, 0.25) is 25.1 Å². The van der Waals surface area contributed by atoms with Crippen LogP contribution in [-0.2, 0) is 4.74 Å². The van der Waals surface area contributed by atoms with E-state index in [2.05, 4.69) is 13.8 Å². The molecule has 4 nitrogen and oxygen atoms in total. The van der Waals surface area contributed by atoms with Gasteiger partial charge in [0.1, 0.15) is 10.0 Å². The lowest BCUT2D eigenvalue weighted by atomic mass is 10.1. The van der Waals surface area contributed by atoms with Crippen LogP contribution < -0.4 is 4.74 Å². The second-order valence-corrected chi connectivity index (χ2v) is 8.43. The van der Waals surface area contributed by atoms with Gasteiger partial charge in [0, 0.05) is 0 Å². The summed E-state index contributed by atoms with van der Waals surface area (Å²) >= 11 is 30.0. The Hall–Kier alpha value is -1.17. The van der Waals surface area contributed by atoms with Crippen molar-refractivity contribution in [2.45, 2.75) is 26.7 Å². The highest BCUT2D eigenvalue weighted by Crippen LogP contribution is 2.48. The van der Waals surface area contributed by atoms with E-state index >= 15 is 0 Å². The van der Waals surface area contributed by atoms with Crippen LogP contribution in [-0.4, -0.2) is 18.5 Å². The molecule has 156 valence electrons. The number of rotatable bonds is 7. The summed E-state index contributed by atoms with van der Waals surface area (Å²) in [6.07, 6.45) is 1.72. The standard InChI is InChI=1S/C20H17Cl5O4/c1-10(2)5-4-8-28-19(26)11-6-3-7-12(9-11)20(27)29-18-16(24)14(22)13(21)15(23)17(18)25/h3,6-7,9-10H,4-5,8H2,1-2H3. The topological polar surface area (TPSA) is 52.6 Å². The normalized spacial score (nSPS) is 10.9. The number of carbonyl (C=O) groups excluding carboxylic acids is 2. The molecule has 0 saturated carbocycles. The molecule has 0 aliphatic carbocycles. The van der Waals surface area contributed by atoms with Crippen LogP contribution in [0.5, 0.6) is 5.75 Å². The van der Waals surface area contributed by atoms with Crippen LogP contribution >= 0.6 is 58.0 Å². The number of benzene rings is 2. The molecular weight excluding hydrogens is 481 g/mol. The van der Waals surface area contributed by atoms with E-state index in [4.69, 9.17) is 67.5 Å². The average molecular weight is 499 g/mol. The number of hydrogen-bond acceptors (Lipinski definition) is 4. The monoisotopic (exact) mass is 496 g/mol. The minimum absolute atomic E-state index is 0.0506. The Balaban J connectivity index is 2.15. The van der Waals surface area contributed by atoms with Crippen LogP contribution in [0, 0.1) is 5.92 Å². The maximum atomic E-state index is 12.5. The van der Waals surface area contributed by atoms with Crippen molar-refractivity contribution in [3.05, 3.63) is 60.5 Å². The Morgan fingerprint density at radius 2 is 1.38 bits per heavy atom. The maximum Gasteiger partial charge on any atom is 0.343 e. The van der Waals surface area contributed by atoms with Crippen molar-refractivity contribution >= 4 is 69.9 Å². The van der Waals surface area contributed by atoms with Gasteiger partial charge in [-0.3, -0.25) is 0 Å². The molecule has 2 aromatic carbocycles. The van der Waals surface area contributed by atoms with Gasteiger partial charge in [0.15, 0.2) is 5.75 Å². The van der Waals surface area contributed by atoms with Gasteiger partial charge in [0.2, 0.25) is 0 Å². The molecule has 29 heavy (non-hydrogen) atoms. The van der Waals surface area contributed by atoms with Gasteiger partial charge in [-0.1, -0.05) is 77.9 Å². The van der Waals surface area contributed by atoms with Crippen LogP contribution in [0.25, 0.3) is 0 Å². The first-order valence-electron chi connectivity index (χ1n) is 8.64. The zero-order chi connectivity index (χ0) is 21.7. The molecule has 0 bridgehead atoms. The Morgan fingerprint density at radius 1 is 0.862 bits per heavy atom. The summed E-state index contributed by atoms with van der Waals surface area (Å²) in [5, 5.41) is -0.542. The quantitative estimate of drug-likeness (QED) is 0.129. The molecule has 2 rings (SSSR count). The Kier molecular flexibility index (Phi) is 8.92. The van der Waals surface area contributed by atoms with Crippen molar-refractivity contribution in [2.75, 3.05) is 6.61 Å². The fourth-order valence-corrected chi connectivity index (χ4v) is 3.54. The lowest BCUT2D eigenvalue weighted by Crippen LogP contribution is -2.12. The lowest BCUT2D eigenvalue weighted by Gasteiger charge is -2.13. The van der Waals surface area contributed by atoms with E-state index in [-0.39, 0.29) is 42.0 Å². The predicted molar refractivity (Wildman–Crippen MR) is 117 cm³/mol. The number of ether oxygens (including phenoxy) is 2. The smallest absolute Gasteiger partial charge is 0.343 e.